The van der Waals surface area contributed by atoms with E-state index in [1.807, 2.05) is 48.5 Å². The lowest BCUT2D eigenvalue weighted by Crippen LogP contribution is -2.29. The molecular weight excluding hydrogens is 446 g/mol. The van der Waals surface area contributed by atoms with Crippen LogP contribution in [0.15, 0.2) is 66.7 Å². The van der Waals surface area contributed by atoms with Gasteiger partial charge in [-0.1, -0.05) is 36.4 Å². The average molecular weight is 478 g/mol. The van der Waals surface area contributed by atoms with Crippen LogP contribution in [0.25, 0.3) is 11.1 Å². The maximum atomic E-state index is 12.8. The van der Waals surface area contributed by atoms with Crippen LogP contribution in [-0.4, -0.2) is 43.4 Å². The molecule has 0 aromatic heterocycles. The fourth-order valence-corrected chi connectivity index (χ4v) is 3.71. The van der Waals surface area contributed by atoms with Crippen molar-refractivity contribution in [3.8, 4) is 22.6 Å². The first-order valence-corrected chi connectivity index (χ1v) is 11.4. The number of nitrogens with one attached hydrogen (secondary N) is 1. The predicted octanol–water partition coefficient (Wildman–Crippen LogP) is 4.72. The summed E-state index contributed by atoms with van der Waals surface area (Å²) < 4.78 is 16.1. The summed E-state index contributed by atoms with van der Waals surface area (Å²) in [5.41, 5.74) is 4.10. The maximum absolute atomic E-state index is 12.8. The van der Waals surface area contributed by atoms with Crippen LogP contribution >= 0.6 is 0 Å². The molecular formula is C28H31NO6. The number of carboxylic acids is 1. The highest BCUT2D eigenvalue weighted by atomic mass is 16.5. The van der Waals surface area contributed by atoms with E-state index in [4.69, 9.17) is 14.2 Å². The smallest absolute Gasteiger partial charge is 0.333 e. The lowest BCUT2D eigenvalue weighted by Gasteiger charge is -2.18. The summed E-state index contributed by atoms with van der Waals surface area (Å²) in [5, 5.41) is 12.4. The Bertz CT molecular complexity index is 1140. The third kappa shape index (κ3) is 7.07. The molecule has 0 aliphatic heterocycles. The molecule has 0 saturated carbocycles. The SMILES string of the molecule is COc1ccc(-c2ccc(C(=O)NCc3cc(CC(OC(C)C)C(=O)O)ccc3OC)cc2)cc1. The van der Waals surface area contributed by atoms with E-state index in [1.54, 1.807) is 46.3 Å². The van der Waals surface area contributed by atoms with Crippen molar-refractivity contribution >= 4 is 11.9 Å². The number of carbonyl (C=O) groups is 2. The highest BCUT2D eigenvalue weighted by Crippen LogP contribution is 2.24. The van der Waals surface area contributed by atoms with Crippen molar-refractivity contribution < 1.29 is 28.9 Å². The van der Waals surface area contributed by atoms with Crippen molar-refractivity contribution in [1.82, 2.24) is 5.32 Å². The van der Waals surface area contributed by atoms with Gasteiger partial charge in [0, 0.05) is 24.1 Å². The van der Waals surface area contributed by atoms with Crippen LogP contribution in [0.3, 0.4) is 0 Å². The quantitative estimate of drug-likeness (QED) is 0.415. The summed E-state index contributed by atoms with van der Waals surface area (Å²) in [6.07, 6.45) is -0.940. The maximum Gasteiger partial charge on any atom is 0.333 e. The van der Waals surface area contributed by atoms with E-state index in [9.17, 15) is 14.7 Å². The molecule has 1 atom stereocenters. The topological polar surface area (TPSA) is 94.1 Å². The van der Waals surface area contributed by atoms with Crippen LogP contribution in [0.2, 0.25) is 0 Å². The summed E-state index contributed by atoms with van der Waals surface area (Å²) in [7, 11) is 3.18. The number of ether oxygens (including phenoxy) is 3. The lowest BCUT2D eigenvalue weighted by molar-refractivity contribution is -0.153. The minimum Gasteiger partial charge on any atom is -0.497 e. The fourth-order valence-electron chi connectivity index (χ4n) is 3.71. The van der Waals surface area contributed by atoms with E-state index >= 15 is 0 Å². The van der Waals surface area contributed by atoms with Gasteiger partial charge in [0.25, 0.3) is 5.91 Å². The van der Waals surface area contributed by atoms with Crippen LogP contribution < -0.4 is 14.8 Å². The Labute approximate surface area is 205 Å². The monoisotopic (exact) mass is 477 g/mol. The number of hydrogen-bond donors (Lipinski definition) is 2. The Morgan fingerprint density at radius 2 is 1.51 bits per heavy atom. The van der Waals surface area contributed by atoms with Gasteiger partial charge in [-0.15, -0.1) is 0 Å². The number of carbonyl (C=O) groups excluding carboxylic acids is 1. The molecule has 1 unspecified atom stereocenters. The van der Waals surface area contributed by atoms with E-state index in [2.05, 4.69) is 5.32 Å². The molecule has 3 rings (SSSR count). The zero-order valence-corrected chi connectivity index (χ0v) is 20.4. The van der Waals surface area contributed by atoms with Crippen LogP contribution in [0.5, 0.6) is 11.5 Å². The lowest BCUT2D eigenvalue weighted by atomic mass is 10.0. The first kappa shape index (κ1) is 25.8. The number of methoxy groups -OCH3 is 2. The minimum absolute atomic E-state index is 0.204. The Balaban J connectivity index is 1.68. The van der Waals surface area contributed by atoms with Gasteiger partial charge in [0.2, 0.25) is 0 Å². The molecule has 0 radical (unpaired) electrons. The molecule has 184 valence electrons. The zero-order valence-electron chi connectivity index (χ0n) is 20.4. The van der Waals surface area contributed by atoms with E-state index in [-0.39, 0.29) is 25.0 Å². The van der Waals surface area contributed by atoms with Crippen molar-refractivity contribution in [1.29, 1.82) is 0 Å². The van der Waals surface area contributed by atoms with E-state index in [0.29, 0.717) is 11.3 Å². The molecule has 0 heterocycles. The van der Waals surface area contributed by atoms with Gasteiger partial charge in [0.15, 0.2) is 6.10 Å². The largest absolute Gasteiger partial charge is 0.497 e. The van der Waals surface area contributed by atoms with Crippen LogP contribution in [-0.2, 0) is 22.5 Å². The van der Waals surface area contributed by atoms with Crippen LogP contribution in [0.4, 0.5) is 0 Å². The molecule has 3 aromatic carbocycles. The van der Waals surface area contributed by atoms with Gasteiger partial charge in [-0.25, -0.2) is 4.79 Å². The Kier molecular flexibility index (Phi) is 8.86. The van der Waals surface area contributed by atoms with Crippen molar-refractivity contribution in [2.45, 2.75) is 39.0 Å². The number of aliphatic carboxylic acids is 1. The molecule has 7 heteroatoms. The van der Waals surface area contributed by atoms with Gasteiger partial charge < -0.3 is 24.6 Å². The second kappa shape index (κ2) is 12.0. The predicted molar refractivity (Wildman–Crippen MR) is 134 cm³/mol. The van der Waals surface area contributed by atoms with Crippen molar-refractivity contribution in [3.63, 3.8) is 0 Å². The highest BCUT2D eigenvalue weighted by molar-refractivity contribution is 5.94. The third-order valence-electron chi connectivity index (χ3n) is 5.49. The summed E-state index contributed by atoms with van der Waals surface area (Å²) in [6, 6.07) is 20.5. The molecule has 0 bridgehead atoms. The number of benzene rings is 3. The highest BCUT2D eigenvalue weighted by Gasteiger charge is 2.21. The van der Waals surface area contributed by atoms with Crippen LogP contribution in [0.1, 0.15) is 35.3 Å². The van der Waals surface area contributed by atoms with Crippen molar-refractivity contribution in [2.24, 2.45) is 0 Å². The molecule has 0 saturated heterocycles. The Morgan fingerprint density at radius 3 is 2.06 bits per heavy atom. The summed E-state index contributed by atoms with van der Waals surface area (Å²) in [5.74, 6) is 0.170. The number of carboxylic acid groups (broad SMARTS) is 1. The van der Waals surface area contributed by atoms with Gasteiger partial charge in [-0.3, -0.25) is 4.79 Å². The van der Waals surface area contributed by atoms with E-state index in [1.165, 1.54) is 0 Å². The van der Waals surface area contributed by atoms with Crippen molar-refractivity contribution in [2.75, 3.05) is 14.2 Å². The zero-order chi connectivity index (χ0) is 25.4. The second-order valence-corrected chi connectivity index (χ2v) is 8.35. The minimum atomic E-state index is -1.01. The summed E-state index contributed by atoms with van der Waals surface area (Å²) in [4.78, 5) is 24.3. The molecule has 1 amide bonds. The normalized spacial score (nSPS) is 11.7. The van der Waals surface area contributed by atoms with E-state index < -0.39 is 12.1 Å². The van der Waals surface area contributed by atoms with Crippen molar-refractivity contribution in [3.05, 3.63) is 83.4 Å². The molecule has 3 aromatic rings. The fraction of sp³-hybridized carbons (Fsp3) is 0.286. The summed E-state index contributed by atoms with van der Waals surface area (Å²) in [6.45, 7) is 3.84. The van der Waals surface area contributed by atoms with E-state index in [0.717, 1.165) is 28.0 Å². The molecule has 0 aliphatic carbocycles. The standard InChI is InChI=1S/C28H31NO6/c1-18(2)35-26(28(31)32)16-19-5-14-25(34-4)23(15-19)17-29-27(30)22-8-6-20(7-9-22)21-10-12-24(33-3)13-11-21/h5-15,18,26H,16-17H2,1-4H3,(H,29,30)(H,31,32). The molecule has 35 heavy (non-hydrogen) atoms. The molecule has 0 fully saturated rings. The Morgan fingerprint density at radius 1 is 0.886 bits per heavy atom. The number of amides is 1. The first-order chi connectivity index (χ1) is 16.8. The number of hydrogen-bond acceptors (Lipinski definition) is 5. The second-order valence-electron chi connectivity index (χ2n) is 8.35. The van der Waals surface area contributed by atoms with Gasteiger partial charge in [0.05, 0.1) is 20.3 Å². The summed E-state index contributed by atoms with van der Waals surface area (Å²) >= 11 is 0. The number of rotatable bonds is 11. The third-order valence-corrected chi connectivity index (χ3v) is 5.49. The molecule has 0 aliphatic rings. The van der Waals surface area contributed by atoms with Gasteiger partial charge in [-0.05, 0) is 60.9 Å². The average Bonchev–Trinajstić information content (AvgIpc) is 2.86. The molecule has 0 spiro atoms. The van der Waals surface area contributed by atoms with Crippen LogP contribution in [0, 0.1) is 0 Å². The molecule has 7 nitrogen and oxygen atoms in total. The first-order valence-electron chi connectivity index (χ1n) is 11.4. The van der Waals surface area contributed by atoms with Gasteiger partial charge in [-0.2, -0.15) is 0 Å². The van der Waals surface area contributed by atoms with Gasteiger partial charge in [0.1, 0.15) is 11.5 Å². The molecule has 2 N–H and O–H groups in total. The van der Waals surface area contributed by atoms with Gasteiger partial charge >= 0.3 is 5.97 Å². The Hall–Kier alpha value is -3.84.